The molecule has 0 amide bonds. The van der Waals surface area contributed by atoms with Gasteiger partial charge in [-0.1, -0.05) is 60.7 Å². The number of benzene rings is 2. The normalized spacial score (nSPS) is 18.1. The van der Waals surface area contributed by atoms with Crippen LogP contribution >= 0.6 is 0 Å². The number of fused-ring (bicyclic) bond motifs is 2. The highest BCUT2D eigenvalue weighted by atomic mass is 16.6. The van der Waals surface area contributed by atoms with Crippen LogP contribution < -0.4 is 0 Å². The summed E-state index contributed by atoms with van der Waals surface area (Å²) in [7, 11) is 0. The number of hydrogen-bond donors (Lipinski definition) is 0. The molecule has 0 bridgehead atoms. The van der Waals surface area contributed by atoms with Crippen molar-refractivity contribution in [2.24, 2.45) is 0 Å². The van der Waals surface area contributed by atoms with E-state index in [1.165, 1.54) is 0 Å². The van der Waals surface area contributed by atoms with E-state index in [1.807, 2.05) is 48.6 Å². The molecule has 1 heterocycles. The van der Waals surface area contributed by atoms with Crippen LogP contribution in [0.2, 0.25) is 0 Å². The van der Waals surface area contributed by atoms with Crippen molar-refractivity contribution in [2.75, 3.05) is 65.7 Å². The lowest BCUT2D eigenvalue weighted by molar-refractivity contribution is -0.164. The molecule has 244 valence electrons. The molecule has 0 radical (unpaired) electrons. The highest BCUT2D eigenvalue weighted by molar-refractivity contribution is 6.14. The molecule has 1 aliphatic heterocycles. The van der Waals surface area contributed by atoms with E-state index >= 15 is 0 Å². The second-order valence-corrected chi connectivity index (χ2v) is 11.4. The zero-order chi connectivity index (χ0) is 32.9. The van der Waals surface area contributed by atoms with Crippen LogP contribution in [0.3, 0.4) is 0 Å². The van der Waals surface area contributed by atoms with Gasteiger partial charge in [-0.15, -0.1) is 0 Å². The number of nitrogens with zero attached hydrogens (tertiary/aromatic N) is 2. The van der Waals surface area contributed by atoms with Gasteiger partial charge >= 0.3 is 23.9 Å². The van der Waals surface area contributed by atoms with Crippen LogP contribution in [-0.2, 0) is 49.0 Å². The minimum Gasteiger partial charge on any atom is -0.465 e. The average molecular weight is 631 g/mol. The number of carbonyl (C=O) groups excluding carboxylic acids is 4. The maximum atomic E-state index is 13.6. The first-order chi connectivity index (χ1) is 22.3. The van der Waals surface area contributed by atoms with Crippen molar-refractivity contribution in [3.05, 3.63) is 81.9 Å². The fourth-order valence-corrected chi connectivity index (χ4v) is 6.87. The van der Waals surface area contributed by atoms with E-state index in [0.29, 0.717) is 61.5 Å². The van der Waals surface area contributed by atoms with Crippen molar-refractivity contribution in [3.63, 3.8) is 0 Å². The molecule has 10 heteroatoms. The SMILES string of the molecule is CCOC(=O)C1(C(=O)OCC)C(CN2CCN(CC3=Cc4ccccc4C3(C(=O)OCC)C(=O)OCC)CC2)=Cc2ccccc21. The van der Waals surface area contributed by atoms with E-state index in [9.17, 15) is 19.2 Å². The Morgan fingerprint density at radius 2 is 0.848 bits per heavy atom. The largest absolute Gasteiger partial charge is 0.465 e. The minimum atomic E-state index is -1.67. The maximum Gasteiger partial charge on any atom is 0.332 e. The number of piperazine rings is 1. The Bertz CT molecular complexity index is 1400. The Morgan fingerprint density at radius 1 is 0.543 bits per heavy atom. The highest BCUT2D eigenvalue weighted by Crippen LogP contribution is 2.46. The molecule has 0 atom stereocenters. The summed E-state index contributed by atoms with van der Waals surface area (Å²) in [6.07, 6.45) is 3.81. The van der Waals surface area contributed by atoms with Crippen LogP contribution in [0.4, 0.5) is 0 Å². The number of esters is 4. The molecule has 1 fully saturated rings. The summed E-state index contributed by atoms with van der Waals surface area (Å²) < 4.78 is 22.0. The lowest BCUT2D eigenvalue weighted by atomic mass is 9.76. The third-order valence-corrected chi connectivity index (χ3v) is 8.93. The fourth-order valence-electron chi connectivity index (χ4n) is 6.87. The molecule has 0 N–H and O–H groups in total. The Morgan fingerprint density at radius 3 is 1.15 bits per heavy atom. The van der Waals surface area contributed by atoms with Crippen molar-refractivity contribution >= 4 is 36.0 Å². The molecule has 0 spiro atoms. The van der Waals surface area contributed by atoms with Crippen molar-refractivity contribution < 1.29 is 38.1 Å². The second kappa shape index (κ2) is 14.0. The molecular formula is C36H42N2O8. The number of ether oxygens (including phenoxy) is 4. The van der Waals surface area contributed by atoms with Gasteiger partial charge in [0.25, 0.3) is 0 Å². The van der Waals surface area contributed by atoms with E-state index in [2.05, 4.69) is 9.80 Å². The summed E-state index contributed by atoms with van der Waals surface area (Å²) in [6.45, 7) is 10.6. The van der Waals surface area contributed by atoms with Crippen molar-refractivity contribution in [2.45, 2.75) is 38.5 Å². The monoisotopic (exact) mass is 630 g/mol. The maximum absolute atomic E-state index is 13.6. The Balaban J connectivity index is 1.37. The van der Waals surface area contributed by atoms with Gasteiger partial charge in [-0.3, -0.25) is 29.0 Å². The van der Waals surface area contributed by atoms with Gasteiger partial charge in [-0.25, -0.2) is 0 Å². The van der Waals surface area contributed by atoms with Crippen molar-refractivity contribution in [1.82, 2.24) is 9.80 Å². The van der Waals surface area contributed by atoms with Gasteiger partial charge in [0.05, 0.1) is 26.4 Å². The predicted molar refractivity (Wildman–Crippen MR) is 172 cm³/mol. The van der Waals surface area contributed by atoms with Gasteiger partial charge in [0.1, 0.15) is 0 Å². The van der Waals surface area contributed by atoms with Crippen LogP contribution in [0.1, 0.15) is 49.9 Å². The highest BCUT2D eigenvalue weighted by Gasteiger charge is 2.58. The first kappa shape index (κ1) is 33.1. The minimum absolute atomic E-state index is 0.132. The van der Waals surface area contributed by atoms with E-state index in [-0.39, 0.29) is 26.4 Å². The van der Waals surface area contributed by atoms with E-state index in [0.717, 1.165) is 11.1 Å². The van der Waals surface area contributed by atoms with Crippen LogP contribution in [0, 0.1) is 0 Å². The molecule has 10 nitrogen and oxygen atoms in total. The van der Waals surface area contributed by atoms with Crippen molar-refractivity contribution in [1.29, 1.82) is 0 Å². The predicted octanol–water partition coefficient (Wildman–Crippen LogP) is 3.53. The summed E-state index contributed by atoms with van der Waals surface area (Å²) in [5, 5.41) is 0. The molecule has 2 aromatic rings. The zero-order valence-electron chi connectivity index (χ0n) is 27.0. The molecule has 2 aliphatic carbocycles. The topological polar surface area (TPSA) is 112 Å². The summed E-state index contributed by atoms with van der Waals surface area (Å²) >= 11 is 0. The lowest BCUT2D eigenvalue weighted by Gasteiger charge is -2.38. The molecule has 0 aromatic heterocycles. The molecule has 0 saturated carbocycles. The van der Waals surface area contributed by atoms with Crippen LogP contribution in [0.25, 0.3) is 12.2 Å². The number of carbonyl (C=O) groups is 4. The van der Waals surface area contributed by atoms with Gasteiger partial charge in [0.2, 0.25) is 10.8 Å². The molecule has 3 aliphatic rings. The fraction of sp³-hybridized carbons (Fsp3) is 0.444. The summed E-state index contributed by atoms with van der Waals surface area (Å²) in [5.74, 6) is -2.54. The molecule has 2 aromatic carbocycles. The van der Waals surface area contributed by atoms with E-state index < -0.39 is 34.7 Å². The van der Waals surface area contributed by atoms with E-state index in [1.54, 1.807) is 39.8 Å². The molecule has 46 heavy (non-hydrogen) atoms. The number of hydrogen-bond acceptors (Lipinski definition) is 10. The first-order valence-electron chi connectivity index (χ1n) is 16.0. The molecule has 5 rings (SSSR count). The van der Waals surface area contributed by atoms with Crippen LogP contribution in [0.5, 0.6) is 0 Å². The third kappa shape index (κ3) is 5.54. The van der Waals surface area contributed by atoms with Crippen LogP contribution in [-0.4, -0.2) is 99.4 Å². The molecule has 0 unspecified atom stereocenters. The van der Waals surface area contributed by atoms with Gasteiger partial charge in [-0.05, 0) is 61.1 Å². The smallest absolute Gasteiger partial charge is 0.332 e. The van der Waals surface area contributed by atoms with Gasteiger partial charge < -0.3 is 18.9 Å². The van der Waals surface area contributed by atoms with Crippen molar-refractivity contribution in [3.8, 4) is 0 Å². The van der Waals surface area contributed by atoms with Gasteiger partial charge in [0.15, 0.2) is 0 Å². The average Bonchev–Trinajstić information content (AvgIpc) is 3.56. The molecule has 1 saturated heterocycles. The first-order valence-corrected chi connectivity index (χ1v) is 16.0. The van der Waals surface area contributed by atoms with Gasteiger partial charge in [0, 0.05) is 39.3 Å². The lowest BCUT2D eigenvalue weighted by Crippen LogP contribution is -2.53. The zero-order valence-corrected chi connectivity index (χ0v) is 27.0. The summed E-state index contributed by atoms with van der Waals surface area (Å²) in [6, 6.07) is 14.7. The number of rotatable bonds is 12. The molecular weight excluding hydrogens is 588 g/mol. The van der Waals surface area contributed by atoms with Crippen LogP contribution in [0.15, 0.2) is 59.7 Å². The third-order valence-electron chi connectivity index (χ3n) is 8.93. The van der Waals surface area contributed by atoms with E-state index in [4.69, 9.17) is 18.9 Å². The standard InChI is InChI=1S/C36H42N2O8/c1-5-43-31(39)35(32(40)44-6-2)27(21-25-13-9-11-15-29(25)35)23-37-17-19-38(20-18-37)24-28-22-26-14-10-12-16-30(26)36(28,33(41)45-7-3)34(42)46-8-4/h9-16,21-22H,5-8,17-20,23-24H2,1-4H3. The summed E-state index contributed by atoms with van der Waals surface area (Å²) in [5.41, 5.74) is 0.634. The quantitative estimate of drug-likeness (QED) is 0.196. The Labute approximate surface area is 269 Å². The Kier molecular flexibility index (Phi) is 10.1. The van der Waals surface area contributed by atoms with Gasteiger partial charge in [-0.2, -0.15) is 0 Å². The summed E-state index contributed by atoms with van der Waals surface area (Å²) in [4.78, 5) is 58.9. The Hall–Kier alpha value is -4.28. The second-order valence-electron chi connectivity index (χ2n) is 11.4.